The molecule has 128 valence electrons. The van der Waals surface area contributed by atoms with Crippen LogP contribution < -0.4 is 4.90 Å². The topological polar surface area (TPSA) is 46.1 Å². The Hall–Kier alpha value is -1.75. The minimum Gasteiger partial charge on any atom is -0.284 e. The number of nitrogens with zero attached hydrogens (tertiary/aromatic N) is 3. The highest BCUT2D eigenvalue weighted by Crippen LogP contribution is 2.34. The first-order valence-electron chi connectivity index (χ1n) is 8.91. The van der Waals surface area contributed by atoms with Gasteiger partial charge in [0.1, 0.15) is 5.01 Å². The van der Waals surface area contributed by atoms with Crippen LogP contribution in [0.2, 0.25) is 0 Å². The highest BCUT2D eigenvalue weighted by Gasteiger charge is 2.30. The van der Waals surface area contributed by atoms with Crippen molar-refractivity contribution in [1.82, 2.24) is 10.2 Å². The highest BCUT2D eigenvalue weighted by atomic mass is 32.1. The number of rotatable bonds is 6. The third-order valence-corrected chi connectivity index (χ3v) is 5.56. The van der Waals surface area contributed by atoms with E-state index in [1.165, 1.54) is 29.7 Å². The molecule has 1 heterocycles. The van der Waals surface area contributed by atoms with E-state index >= 15 is 0 Å². The minimum atomic E-state index is 0.204. The van der Waals surface area contributed by atoms with Gasteiger partial charge in [0.05, 0.1) is 0 Å². The van der Waals surface area contributed by atoms with Crippen molar-refractivity contribution in [1.29, 1.82) is 0 Å². The summed E-state index contributed by atoms with van der Waals surface area (Å²) in [7, 11) is 0. The Morgan fingerprint density at radius 2 is 2.08 bits per heavy atom. The summed E-state index contributed by atoms with van der Waals surface area (Å²) in [5.74, 6) is 0.204. The summed E-state index contributed by atoms with van der Waals surface area (Å²) in [4.78, 5) is 14.7. The lowest BCUT2D eigenvalue weighted by Crippen LogP contribution is -2.38. The second-order valence-corrected chi connectivity index (χ2v) is 7.52. The van der Waals surface area contributed by atoms with Crippen LogP contribution in [-0.4, -0.2) is 22.1 Å². The second kappa shape index (κ2) is 7.88. The third kappa shape index (κ3) is 3.83. The molecule has 2 aromatic rings. The second-order valence-electron chi connectivity index (χ2n) is 6.56. The number of amides is 1. The first-order valence-corrected chi connectivity index (χ1v) is 9.73. The lowest BCUT2D eigenvalue weighted by atomic mass is 10.1. The zero-order chi connectivity index (χ0) is 16.9. The lowest BCUT2D eigenvalue weighted by molar-refractivity contribution is -0.119. The molecule has 0 unspecified atom stereocenters. The van der Waals surface area contributed by atoms with E-state index in [4.69, 9.17) is 0 Å². The third-order valence-electron chi connectivity index (χ3n) is 4.59. The van der Waals surface area contributed by atoms with Crippen LogP contribution in [0.4, 0.5) is 5.13 Å². The Bertz CT molecular complexity index is 691. The Kier molecular flexibility index (Phi) is 5.61. The van der Waals surface area contributed by atoms with E-state index < -0.39 is 0 Å². The first kappa shape index (κ1) is 17.1. The van der Waals surface area contributed by atoms with Crippen molar-refractivity contribution in [3.8, 4) is 10.6 Å². The van der Waals surface area contributed by atoms with Crippen molar-refractivity contribution in [2.75, 3.05) is 4.90 Å². The van der Waals surface area contributed by atoms with Crippen LogP contribution in [0.3, 0.4) is 0 Å². The largest absolute Gasteiger partial charge is 0.284 e. The lowest BCUT2D eigenvalue weighted by Gasteiger charge is -2.26. The molecule has 3 rings (SSSR count). The molecule has 0 spiro atoms. The molecule has 0 atom stereocenters. The van der Waals surface area contributed by atoms with Crippen LogP contribution in [0.1, 0.15) is 57.4 Å². The Morgan fingerprint density at radius 3 is 2.79 bits per heavy atom. The number of hydrogen-bond acceptors (Lipinski definition) is 4. The normalized spacial score (nSPS) is 14.9. The van der Waals surface area contributed by atoms with Crippen LogP contribution in [0.15, 0.2) is 24.3 Å². The summed E-state index contributed by atoms with van der Waals surface area (Å²) in [6.07, 6.45) is 7.14. The van der Waals surface area contributed by atoms with E-state index in [0.717, 1.165) is 41.4 Å². The van der Waals surface area contributed by atoms with E-state index in [0.29, 0.717) is 12.5 Å². The molecule has 1 saturated carbocycles. The SMILES string of the molecule is CCCCC(=O)N(c1nnc(-c2cccc(C)c2)s1)C1CCCC1. The number of carbonyl (C=O) groups is 1. The van der Waals surface area contributed by atoms with Crippen molar-refractivity contribution in [2.45, 2.75) is 64.8 Å². The zero-order valence-corrected chi connectivity index (χ0v) is 15.3. The van der Waals surface area contributed by atoms with Crippen molar-refractivity contribution in [3.63, 3.8) is 0 Å². The molecule has 0 radical (unpaired) electrons. The van der Waals surface area contributed by atoms with Gasteiger partial charge < -0.3 is 0 Å². The van der Waals surface area contributed by atoms with Crippen LogP contribution in [0.5, 0.6) is 0 Å². The quantitative estimate of drug-likeness (QED) is 0.743. The van der Waals surface area contributed by atoms with E-state index in [1.54, 1.807) is 0 Å². The molecule has 1 fully saturated rings. The number of aryl methyl sites for hydroxylation is 1. The van der Waals surface area contributed by atoms with Gasteiger partial charge in [-0.1, -0.05) is 61.3 Å². The number of benzene rings is 1. The average molecular weight is 343 g/mol. The summed E-state index contributed by atoms with van der Waals surface area (Å²) in [6.45, 7) is 4.19. The molecule has 1 amide bonds. The molecule has 0 aliphatic heterocycles. The number of carbonyl (C=O) groups excluding carboxylic acids is 1. The molecule has 1 aliphatic rings. The Morgan fingerprint density at radius 1 is 1.29 bits per heavy atom. The fourth-order valence-corrected chi connectivity index (χ4v) is 4.22. The summed E-state index contributed by atoms with van der Waals surface area (Å²) >= 11 is 1.53. The Labute approximate surface area is 147 Å². The molecule has 0 N–H and O–H groups in total. The summed E-state index contributed by atoms with van der Waals surface area (Å²) in [6, 6.07) is 8.57. The maximum Gasteiger partial charge on any atom is 0.229 e. The maximum atomic E-state index is 12.8. The fraction of sp³-hybridized carbons (Fsp3) is 0.526. The van der Waals surface area contributed by atoms with Crippen LogP contribution >= 0.6 is 11.3 Å². The summed E-state index contributed by atoms with van der Waals surface area (Å²) in [5.41, 5.74) is 2.28. The first-order chi connectivity index (χ1) is 11.7. The van der Waals surface area contributed by atoms with Crippen LogP contribution in [0.25, 0.3) is 10.6 Å². The van der Waals surface area contributed by atoms with Gasteiger partial charge in [-0.05, 0) is 32.3 Å². The van der Waals surface area contributed by atoms with Crippen LogP contribution in [-0.2, 0) is 4.79 Å². The van der Waals surface area contributed by atoms with Gasteiger partial charge in [-0.25, -0.2) is 0 Å². The molecule has 4 nitrogen and oxygen atoms in total. The Balaban J connectivity index is 1.86. The molecule has 0 bridgehead atoms. The van der Waals surface area contributed by atoms with Gasteiger partial charge in [0, 0.05) is 18.0 Å². The predicted molar refractivity (Wildman–Crippen MR) is 99.3 cm³/mol. The van der Waals surface area contributed by atoms with Crippen molar-refractivity contribution >= 4 is 22.4 Å². The standard InChI is InChI=1S/C19H25N3OS/c1-3-4-12-17(23)22(16-10-5-6-11-16)19-21-20-18(24-19)15-9-7-8-14(2)13-15/h7-9,13,16H,3-6,10-12H2,1-2H3. The van der Waals surface area contributed by atoms with Gasteiger partial charge in [0.15, 0.2) is 0 Å². The van der Waals surface area contributed by atoms with Crippen molar-refractivity contribution in [3.05, 3.63) is 29.8 Å². The molecule has 1 aliphatic carbocycles. The van der Waals surface area contributed by atoms with Gasteiger partial charge >= 0.3 is 0 Å². The van der Waals surface area contributed by atoms with E-state index in [-0.39, 0.29) is 5.91 Å². The fourth-order valence-electron chi connectivity index (χ4n) is 3.28. The molecule has 24 heavy (non-hydrogen) atoms. The van der Waals surface area contributed by atoms with Crippen molar-refractivity contribution in [2.24, 2.45) is 0 Å². The predicted octanol–water partition coefficient (Wildman–Crippen LogP) is 4.98. The highest BCUT2D eigenvalue weighted by molar-refractivity contribution is 7.18. The molecule has 1 aromatic carbocycles. The molecular formula is C19H25N3OS. The van der Waals surface area contributed by atoms with E-state index in [2.05, 4.69) is 42.2 Å². The van der Waals surface area contributed by atoms with Crippen molar-refractivity contribution < 1.29 is 4.79 Å². The van der Waals surface area contributed by atoms with Crippen LogP contribution in [0, 0.1) is 6.92 Å². The van der Waals surface area contributed by atoms with E-state index in [9.17, 15) is 4.79 Å². The van der Waals surface area contributed by atoms with Gasteiger partial charge in [0.2, 0.25) is 11.0 Å². The monoisotopic (exact) mass is 343 g/mol. The van der Waals surface area contributed by atoms with Gasteiger partial charge in [-0.2, -0.15) is 0 Å². The molecule has 0 saturated heterocycles. The maximum absolute atomic E-state index is 12.8. The number of hydrogen-bond donors (Lipinski definition) is 0. The molecular weight excluding hydrogens is 318 g/mol. The van der Waals surface area contributed by atoms with Gasteiger partial charge in [-0.3, -0.25) is 9.69 Å². The number of unbranched alkanes of at least 4 members (excludes halogenated alkanes) is 1. The van der Waals surface area contributed by atoms with Gasteiger partial charge in [-0.15, -0.1) is 10.2 Å². The summed E-state index contributed by atoms with van der Waals surface area (Å²) < 4.78 is 0. The minimum absolute atomic E-state index is 0.204. The molecule has 5 heteroatoms. The molecule has 1 aromatic heterocycles. The number of anilines is 1. The summed E-state index contributed by atoms with van der Waals surface area (Å²) in [5, 5.41) is 10.4. The zero-order valence-electron chi connectivity index (χ0n) is 14.5. The number of aromatic nitrogens is 2. The van der Waals surface area contributed by atoms with E-state index in [1.807, 2.05) is 11.0 Å². The van der Waals surface area contributed by atoms with Gasteiger partial charge in [0.25, 0.3) is 0 Å². The average Bonchev–Trinajstić information content (AvgIpc) is 3.25. The smallest absolute Gasteiger partial charge is 0.229 e.